The van der Waals surface area contributed by atoms with Gasteiger partial charge < -0.3 is 14.4 Å². The van der Waals surface area contributed by atoms with Crippen molar-refractivity contribution >= 4 is 34.7 Å². The molecule has 0 atom stereocenters. The fourth-order valence-corrected chi connectivity index (χ4v) is 5.63. The van der Waals surface area contributed by atoms with Crippen molar-refractivity contribution in [1.82, 2.24) is 20.2 Å². The Kier molecular flexibility index (Phi) is 6.59. The average Bonchev–Trinajstić information content (AvgIpc) is 3.53. The Balaban J connectivity index is 1.33. The van der Waals surface area contributed by atoms with Gasteiger partial charge in [-0.2, -0.15) is 0 Å². The molecule has 0 bridgehead atoms. The third-order valence-corrected chi connectivity index (χ3v) is 7.52. The molecule has 1 aliphatic carbocycles. The van der Waals surface area contributed by atoms with Crippen molar-refractivity contribution in [3.63, 3.8) is 0 Å². The third-order valence-electron chi connectivity index (χ3n) is 5.74. The molecule has 0 radical (unpaired) electrons. The minimum atomic E-state index is -0.00160. The maximum Gasteiger partial charge on any atom is 0.237 e. The predicted octanol–water partition coefficient (Wildman–Crippen LogP) is 4.34. The second-order valence-electron chi connectivity index (χ2n) is 7.87. The normalized spacial score (nSPS) is 16.1. The summed E-state index contributed by atoms with van der Waals surface area (Å²) >= 11 is 3.04. The van der Waals surface area contributed by atoms with Gasteiger partial charge in [-0.25, -0.2) is 4.68 Å². The summed E-state index contributed by atoms with van der Waals surface area (Å²) in [6.45, 7) is 1.55. The first-order chi connectivity index (χ1) is 15.8. The average molecular weight is 472 g/mol. The predicted molar refractivity (Wildman–Crippen MR) is 124 cm³/mol. The van der Waals surface area contributed by atoms with Crippen LogP contribution in [-0.4, -0.2) is 45.1 Å². The molecule has 2 aromatic heterocycles. The van der Waals surface area contributed by atoms with Crippen molar-refractivity contribution in [2.24, 2.45) is 0 Å². The van der Waals surface area contributed by atoms with E-state index in [0.717, 1.165) is 23.4 Å². The van der Waals surface area contributed by atoms with E-state index in [1.54, 1.807) is 16.2 Å². The maximum absolute atomic E-state index is 13.4. The van der Waals surface area contributed by atoms with Crippen LogP contribution in [0.1, 0.15) is 43.0 Å². The molecule has 1 aromatic carbocycles. The van der Waals surface area contributed by atoms with Crippen molar-refractivity contribution in [3.8, 4) is 11.5 Å². The zero-order valence-corrected chi connectivity index (χ0v) is 19.3. The smallest absolute Gasteiger partial charge is 0.237 e. The lowest BCUT2D eigenvalue weighted by atomic mass is 9.96. The van der Waals surface area contributed by atoms with Gasteiger partial charge in [0.05, 0.1) is 18.3 Å². The molecule has 3 aromatic rings. The Morgan fingerprint density at radius 1 is 1.16 bits per heavy atom. The number of thioether (sulfide) groups is 1. The molecule has 0 N–H and O–H groups in total. The standard InChI is InChI=1S/C22H25N5O3S2/c28-21(15-32-22-23-24-25-27(22)16-5-2-1-3-6-16)26(14-18-7-4-12-31-18)17-8-9-19-20(13-17)30-11-10-29-19/h4,7-9,12-13,16H,1-3,5-6,10-11,14-15H2. The number of hydrogen-bond donors (Lipinski definition) is 0. The topological polar surface area (TPSA) is 82.4 Å². The zero-order valence-electron chi connectivity index (χ0n) is 17.7. The minimum absolute atomic E-state index is 0.00160. The molecule has 1 fully saturated rings. The highest BCUT2D eigenvalue weighted by Gasteiger charge is 2.24. The van der Waals surface area contributed by atoms with E-state index in [1.807, 2.05) is 40.4 Å². The number of nitrogens with zero attached hydrogens (tertiary/aromatic N) is 5. The van der Waals surface area contributed by atoms with E-state index < -0.39 is 0 Å². The zero-order chi connectivity index (χ0) is 21.8. The number of carbonyl (C=O) groups excluding carboxylic acids is 1. The van der Waals surface area contributed by atoms with Gasteiger partial charge in [0, 0.05) is 16.6 Å². The van der Waals surface area contributed by atoms with Gasteiger partial charge in [0.25, 0.3) is 0 Å². The van der Waals surface area contributed by atoms with Crippen LogP contribution in [0.4, 0.5) is 5.69 Å². The van der Waals surface area contributed by atoms with Crippen LogP contribution in [-0.2, 0) is 11.3 Å². The fourth-order valence-electron chi connectivity index (χ4n) is 4.12. The molecule has 1 aliphatic heterocycles. The fraction of sp³-hybridized carbons (Fsp3) is 0.455. The van der Waals surface area contributed by atoms with E-state index in [2.05, 4.69) is 15.5 Å². The van der Waals surface area contributed by atoms with E-state index >= 15 is 0 Å². The van der Waals surface area contributed by atoms with Crippen molar-refractivity contribution in [1.29, 1.82) is 0 Å². The quantitative estimate of drug-likeness (QED) is 0.474. The number of amides is 1. The molecule has 32 heavy (non-hydrogen) atoms. The van der Waals surface area contributed by atoms with Crippen LogP contribution in [0.25, 0.3) is 0 Å². The monoisotopic (exact) mass is 471 g/mol. The first-order valence-electron chi connectivity index (χ1n) is 10.9. The van der Waals surface area contributed by atoms with Gasteiger partial charge in [0.15, 0.2) is 11.5 Å². The summed E-state index contributed by atoms with van der Waals surface area (Å²) in [5.74, 6) is 1.64. The summed E-state index contributed by atoms with van der Waals surface area (Å²) < 4.78 is 13.3. The molecule has 8 nitrogen and oxygen atoms in total. The molecular weight excluding hydrogens is 446 g/mol. The van der Waals surface area contributed by atoms with Crippen LogP contribution in [0.2, 0.25) is 0 Å². The summed E-state index contributed by atoms with van der Waals surface area (Å²) in [6.07, 6.45) is 5.85. The molecule has 1 saturated carbocycles. The van der Waals surface area contributed by atoms with Gasteiger partial charge in [-0.1, -0.05) is 37.1 Å². The molecule has 10 heteroatoms. The highest BCUT2D eigenvalue weighted by Crippen LogP contribution is 2.35. The summed E-state index contributed by atoms with van der Waals surface area (Å²) in [6, 6.07) is 10.0. The molecule has 2 aliphatic rings. The van der Waals surface area contributed by atoms with E-state index in [1.165, 1.54) is 31.0 Å². The second-order valence-corrected chi connectivity index (χ2v) is 9.85. The highest BCUT2D eigenvalue weighted by molar-refractivity contribution is 7.99. The van der Waals surface area contributed by atoms with Crippen LogP contribution < -0.4 is 14.4 Å². The molecule has 3 heterocycles. The molecular formula is C22H25N5O3S2. The van der Waals surface area contributed by atoms with Gasteiger partial charge in [-0.05, 0) is 46.8 Å². The van der Waals surface area contributed by atoms with E-state index in [-0.39, 0.29) is 11.7 Å². The Morgan fingerprint density at radius 2 is 2.00 bits per heavy atom. The van der Waals surface area contributed by atoms with Gasteiger partial charge in [-0.3, -0.25) is 4.79 Å². The SMILES string of the molecule is O=C(CSc1nnnn1C1CCCCC1)N(Cc1cccs1)c1ccc2c(c1)OCCO2. The Labute approximate surface area is 194 Å². The highest BCUT2D eigenvalue weighted by atomic mass is 32.2. The van der Waals surface area contributed by atoms with Crippen LogP contribution in [0, 0.1) is 0 Å². The lowest BCUT2D eigenvalue weighted by Crippen LogP contribution is -2.32. The van der Waals surface area contributed by atoms with Crippen molar-refractivity contribution < 1.29 is 14.3 Å². The summed E-state index contributed by atoms with van der Waals surface area (Å²) in [5.41, 5.74) is 0.792. The van der Waals surface area contributed by atoms with Crippen molar-refractivity contribution in [2.75, 3.05) is 23.9 Å². The van der Waals surface area contributed by atoms with Crippen LogP contribution in [0.15, 0.2) is 40.9 Å². The summed E-state index contributed by atoms with van der Waals surface area (Å²) in [4.78, 5) is 16.3. The minimum Gasteiger partial charge on any atom is -0.486 e. The maximum atomic E-state index is 13.4. The number of hydrogen-bond acceptors (Lipinski definition) is 8. The number of anilines is 1. The van der Waals surface area contributed by atoms with Crippen LogP contribution in [0.5, 0.6) is 11.5 Å². The van der Waals surface area contributed by atoms with Gasteiger partial charge >= 0.3 is 0 Å². The number of benzene rings is 1. The van der Waals surface area contributed by atoms with Crippen molar-refractivity contribution in [2.45, 2.75) is 49.8 Å². The van der Waals surface area contributed by atoms with E-state index in [9.17, 15) is 4.79 Å². The number of tetrazole rings is 1. The van der Waals surface area contributed by atoms with Gasteiger partial charge in [-0.15, -0.1) is 16.4 Å². The number of ether oxygens (including phenoxy) is 2. The third kappa shape index (κ3) is 4.75. The number of carbonyl (C=O) groups is 1. The Bertz CT molecular complexity index is 1050. The van der Waals surface area contributed by atoms with E-state index in [0.29, 0.717) is 42.5 Å². The first kappa shape index (κ1) is 21.3. The second kappa shape index (κ2) is 9.91. The number of rotatable bonds is 7. The Hall–Kier alpha value is -2.59. The molecule has 5 rings (SSSR count). The van der Waals surface area contributed by atoms with Gasteiger partial charge in [0.1, 0.15) is 13.2 Å². The first-order valence-corrected chi connectivity index (χ1v) is 12.8. The Morgan fingerprint density at radius 3 is 2.81 bits per heavy atom. The summed E-state index contributed by atoms with van der Waals surface area (Å²) in [5, 5.41) is 15.0. The van der Waals surface area contributed by atoms with Crippen LogP contribution >= 0.6 is 23.1 Å². The number of thiophene rings is 1. The largest absolute Gasteiger partial charge is 0.486 e. The molecule has 0 saturated heterocycles. The molecule has 0 spiro atoms. The number of fused-ring (bicyclic) bond motifs is 1. The van der Waals surface area contributed by atoms with Crippen LogP contribution in [0.3, 0.4) is 0 Å². The number of aromatic nitrogens is 4. The van der Waals surface area contributed by atoms with E-state index in [4.69, 9.17) is 9.47 Å². The van der Waals surface area contributed by atoms with Gasteiger partial charge in [0.2, 0.25) is 11.1 Å². The molecule has 0 unspecified atom stereocenters. The molecule has 168 valence electrons. The van der Waals surface area contributed by atoms with Crippen molar-refractivity contribution in [3.05, 3.63) is 40.6 Å². The lowest BCUT2D eigenvalue weighted by Gasteiger charge is -2.25. The lowest BCUT2D eigenvalue weighted by molar-refractivity contribution is -0.116. The molecule has 1 amide bonds. The summed E-state index contributed by atoms with van der Waals surface area (Å²) in [7, 11) is 0.